The molecule has 1 N–H and O–H groups in total. The van der Waals surface area contributed by atoms with Gasteiger partial charge in [0.05, 0.1) is 16.7 Å². The molecule has 3 rings (SSSR count). The molecule has 24 heavy (non-hydrogen) atoms. The van der Waals surface area contributed by atoms with Crippen molar-refractivity contribution in [3.05, 3.63) is 23.4 Å². The first-order valence-electron chi connectivity index (χ1n) is 8.39. The van der Waals surface area contributed by atoms with Crippen molar-refractivity contribution in [3.8, 4) is 0 Å². The molecular formula is C16H24N6OS. The summed E-state index contributed by atoms with van der Waals surface area (Å²) < 4.78 is 1.85. The molecule has 1 unspecified atom stereocenters. The molecule has 1 fully saturated rings. The Morgan fingerprint density at radius 2 is 2.33 bits per heavy atom. The van der Waals surface area contributed by atoms with Crippen LogP contribution in [0, 0.1) is 12.8 Å². The normalized spacial score (nSPS) is 18.2. The lowest BCUT2D eigenvalue weighted by Gasteiger charge is -2.32. The van der Waals surface area contributed by atoms with Gasteiger partial charge in [-0.1, -0.05) is 13.8 Å². The first-order valence-corrected chi connectivity index (χ1v) is 9.21. The van der Waals surface area contributed by atoms with E-state index in [1.807, 2.05) is 16.5 Å². The summed E-state index contributed by atoms with van der Waals surface area (Å²) in [6.07, 6.45) is 6.13. The van der Waals surface area contributed by atoms with Crippen molar-refractivity contribution in [3.63, 3.8) is 0 Å². The van der Waals surface area contributed by atoms with Gasteiger partial charge in [-0.25, -0.2) is 19.4 Å². The van der Waals surface area contributed by atoms with E-state index in [1.54, 1.807) is 17.7 Å². The SMILES string of the molecule is Cc1nc(CC(C)C)c(NC(=O)N2CCCC(n3cncn3)C2)s1. The lowest BCUT2D eigenvalue weighted by atomic mass is 10.1. The fraction of sp³-hybridized carbons (Fsp3) is 0.625. The molecule has 2 amide bonds. The van der Waals surface area contributed by atoms with Crippen molar-refractivity contribution in [2.45, 2.75) is 46.1 Å². The number of carbonyl (C=O) groups excluding carboxylic acids is 1. The van der Waals surface area contributed by atoms with E-state index in [0.717, 1.165) is 41.5 Å². The molecule has 0 radical (unpaired) electrons. The van der Waals surface area contributed by atoms with Crippen molar-refractivity contribution in [1.82, 2.24) is 24.6 Å². The highest BCUT2D eigenvalue weighted by Gasteiger charge is 2.26. The van der Waals surface area contributed by atoms with Gasteiger partial charge in [-0.05, 0) is 32.1 Å². The Labute approximate surface area is 146 Å². The average Bonchev–Trinajstić information content (AvgIpc) is 3.17. The van der Waals surface area contributed by atoms with Crippen LogP contribution in [0.4, 0.5) is 9.80 Å². The number of aryl methyl sites for hydroxylation is 1. The molecule has 130 valence electrons. The number of anilines is 1. The smallest absolute Gasteiger partial charge is 0.322 e. The molecule has 7 nitrogen and oxygen atoms in total. The highest BCUT2D eigenvalue weighted by molar-refractivity contribution is 7.16. The van der Waals surface area contributed by atoms with Crippen LogP contribution in [-0.4, -0.2) is 43.8 Å². The number of hydrogen-bond acceptors (Lipinski definition) is 5. The fourth-order valence-electron chi connectivity index (χ4n) is 3.03. The topological polar surface area (TPSA) is 75.9 Å². The summed E-state index contributed by atoms with van der Waals surface area (Å²) in [7, 11) is 0. The van der Waals surface area contributed by atoms with Crippen molar-refractivity contribution >= 4 is 22.4 Å². The Morgan fingerprint density at radius 3 is 3.04 bits per heavy atom. The molecule has 1 saturated heterocycles. The van der Waals surface area contributed by atoms with Crippen molar-refractivity contribution in [1.29, 1.82) is 0 Å². The predicted octanol–water partition coefficient (Wildman–Crippen LogP) is 3.11. The van der Waals surface area contributed by atoms with Gasteiger partial charge in [0.1, 0.15) is 17.7 Å². The van der Waals surface area contributed by atoms with Crippen molar-refractivity contribution < 1.29 is 4.79 Å². The van der Waals surface area contributed by atoms with Crippen LogP contribution in [0.5, 0.6) is 0 Å². The first-order chi connectivity index (χ1) is 11.5. The number of nitrogens with zero attached hydrogens (tertiary/aromatic N) is 5. The molecule has 2 aromatic heterocycles. The van der Waals surface area contributed by atoms with Crippen LogP contribution < -0.4 is 5.32 Å². The molecule has 8 heteroatoms. The van der Waals surface area contributed by atoms with Crippen LogP contribution in [-0.2, 0) is 6.42 Å². The van der Waals surface area contributed by atoms with Crippen LogP contribution in [0.3, 0.4) is 0 Å². The molecule has 0 saturated carbocycles. The van der Waals surface area contributed by atoms with E-state index >= 15 is 0 Å². The Balaban J connectivity index is 1.66. The zero-order valence-electron chi connectivity index (χ0n) is 14.4. The number of nitrogens with one attached hydrogen (secondary N) is 1. The summed E-state index contributed by atoms with van der Waals surface area (Å²) in [4.78, 5) is 23.1. The second kappa shape index (κ2) is 7.29. The molecule has 1 aliphatic heterocycles. The minimum Gasteiger partial charge on any atom is -0.322 e. The molecule has 1 atom stereocenters. The lowest BCUT2D eigenvalue weighted by molar-refractivity contribution is 0.174. The first kappa shape index (κ1) is 16.9. The second-order valence-electron chi connectivity index (χ2n) is 6.65. The number of hydrogen-bond donors (Lipinski definition) is 1. The van der Waals surface area contributed by atoms with Gasteiger partial charge in [-0.3, -0.25) is 5.32 Å². The Bertz CT molecular complexity index is 681. The molecule has 3 heterocycles. The Kier molecular flexibility index (Phi) is 5.13. The van der Waals surface area contributed by atoms with Gasteiger partial charge in [0.25, 0.3) is 0 Å². The highest BCUT2D eigenvalue weighted by Crippen LogP contribution is 2.27. The average molecular weight is 348 g/mol. The second-order valence-corrected chi connectivity index (χ2v) is 7.86. The number of piperidine rings is 1. The quantitative estimate of drug-likeness (QED) is 0.921. The van der Waals surface area contributed by atoms with Crippen molar-refractivity contribution in [2.75, 3.05) is 18.4 Å². The third kappa shape index (κ3) is 3.92. The summed E-state index contributed by atoms with van der Waals surface area (Å²) in [6.45, 7) is 7.73. The molecule has 0 aliphatic carbocycles. The molecular weight excluding hydrogens is 324 g/mol. The van der Waals surface area contributed by atoms with E-state index in [2.05, 4.69) is 34.2 Å². The minimum atomic E-state index is -0.0477. The largest absolute Gasteiger partial charge is 0.322 e. The summed E-state index contributed by atoms with van der Waals surface area (Å²) in [5, 5.41) is 9.15. The summed E-state index contributed by atoms with van der Waals surface area (Å²) in [5.74, 6) is 0.508. The number of amides is 2. The standard InChI is InChI=1S/C16H24N6OS/c1-11(2)7-14-15(24-12(3)19-14)20-16(23)21-6-4-5-13(8-21)22-10-17-9-18-22/h9-11,13H,4-8H2,1-3H3,(H,20,23). The summed E-state index contributed by atoms with van der Waals surface area (Å²) in [5.41, 5.74) is 0.991. The summed E-state index contributed by atoms with van der Waals surface area (Å²) in [6, 6.07) is 0.152. The predicted molar refractivity (Wildman–Crippen MR) is 94.3 cm³/mol. The number of urea groups is 1. The third-order valence-corrected chi connectivity index (χ3v) is 5.05. The molecule has 1 aliphatic rings. The van der Waals surface area contributed by atoms with Gasteiger partial charge in [0, 0.05) is 13.1 Å². The van der Waals surface area contributed by atoms with Gasteiger partial charge in [0.15, 0.2) is 0 Å². The fourth-order valence-corrected chi connectivity index (χ4v) is 3.87. The van der Waals surface area contributed by atoms with Gasteiger partial charge in [-0.2, -0.15) is 5.10 Å². The van der Waals surface area contributed by atoms with E-state index in [-0.39, 0.29) is 12.1 Å². The maximum absolute atomic E-state index is 12.7. The zero-order valence-corrected chi connectivity index (χ0v) is 15.2. The van der Waals surface area contributed by atoms with Crippen molar-refractivity contribution in [2.24, 2.45) is 5.92 Å². The van der Waals surface area contributed by atoms with E-state index < -0.39 is 0 Å². The van der Waals surface area contributed by atoms with E-state index in [1.165, 1.54) is 6.33 Å². The molecule has 2 aromatic rings. The number of thiazole rings is 1. The lowest BCUT2D eigenvalue weighted by Crippen LogP contribution is -2.43. The maximum Gasteiger partial charge on any atom is 0.322 e. The summed E-state index contributed by atoms with van der Waals surface area (Å²) >= 11 is 1.55. The Morgan fingerprint density at radius 1 is 1.50 bits per heavy atom. The molecule has 0 aromatic carbocycles. The monoisotopic (exact) mass is 348 g/mol. The highest BCUT2D eigenvalue weighted by atomic mass is 32.1. The minimum absolute atomic E-state index is 0.0477. The van der Waals surface area contributed by atoms with E-state index in [4.69, 9.17) is 0 Å². The van der Waals surface area contributed by atoms with Crippen LogP contribution in [0.1, 0.15) is 43.4 Å². The number of aromatic nitrogens is 4. The zero-order chi connectivity index (χ0) is 17.1. The van der Waals surface area contributed by atoms with Gasteiger partial charge in [0.2, 0.25) is 0 Å². The third-order valence-electron chi connectivity index (χ3n) is 4.12. The molecule has 0 spiro atoms. The maximum atomic E-state index is 12.7. The van der Waals surface area contributed by atoms with Crippen LogP contribution in [0.15, 0.2) is 12.7 Å². The van der Waals surface area contributed by atoms with Crippen LogP contribution in [0.2, 0.25) is 0 Å². The number of carbonyl (C=O) groups is 1. The van der Waals surface area contributed by atoms with Gasteiger partial charge < -0.3 is 4.90 Å². The van der Waals surface area contributed by atoms with Crippen LogP contribution >= 0.6 is 11.3 Å². The van der Waals surface area contributed by atoms with Crippen LogP contribution in [0.25, 0.3) is 0 Å². The van der Waals surface area contributed by atoms with Gasteiger partial charge in [-0.15, -0.1) is 11.3 Å². The Hall–Kier alpha value is -1.96. The van der Waals surface area contributed by atoms with E-state index in [0.29, 0.717) is 12.5 Å². The van der Waals surface area contributed by atoms with E-state index in [9.17, 15) is 4.79 Å². The molecule has 0 bridgehead atoms. The number of rotatable bonds is 4. The number of likely N-dealkylation sites (tertiary alicyclic amines) is 1. The van der Waals surface area contributed by atoms with Gasteiger partial charge >= 0.3 is 6.03 Å².